The second-order valence-electron chi connectivity index (χ2n) is 9.52. The fourth-order valence-corrected chi connectivity index (χ4v) is 5.81. The lowest BCUT2D eigenvalue weighted by molar-refractivity contribution is 0.0271. The van der Waals surface area contributed by atoms with Crippen LogP contribution in [0.2, 0.25) is 0 Å². The van der Waals surface area contributed by atoms with Gasteiger partial charge >= 0.3 is 0 Å². The highest BCUT2D eigenvalue weighted by Crippen LogP contribution is 2.30. The van der Waals surface area contributed by atoms with Crippen LogP contribution in [0.3, 0.4) is 0 Å². The molecule has 1 fully saturated rings. The Morgan fingerprint density at radius 3 is 2.17 bits per heavy atom. The molecule has 0 atom stereocenters. The molecule has 40 heavy (non-hydrogen) atoms. The molecular formula is C29H28IN5O4S. The van der Waals surface area contributed by atoms with Gasteiger partial charge in [-0.25, -0.2) is 13.9 Å². The summed E-state index contributed by atoms with van der Waals surface area (Å²) < 4.78 is 30.5. The lowest BCUT2D eigenvalue weighted by Gasteiger charge is -2.23. The molecule has 4 aromatic rings. The number of pyridine rings is 2. The van der Waals surface area contributed by atoms with Crippen molar-refractivity contribution in [3.63, 3.8) is 0 Å². The lowest BCUT2D eigenvalue weighted by atomic mass is 10.1. The molecule has 2 heterocycles. The van der Waals surface area contributed by atoms with Crippen molar-refractivity contribution in [2.45, 2.75) is 30.8 Å². The minimum atomic E-state index is -4.01. The monoisotopic (exact) mass is 669 g/mol. The SMILES string of the molecule is O=C(NOCC1CC1)c1ccc(S(=O)(=O)N(Cc2cccnc2)Cc2cccnc2)cc1Nc1ccc(I)cc1. The van der Waals surface area contributed by atoms with Crippen molar-refractivity contribution < 1.29 is 18.0 Å². The van der Waals surface area contributed by atoms with Crippen molar-refractivity contribution in [1.82, 2.24) is 19.8 Å². The number of hydrogen-bond acceptors (Lipinski definition) is 7. The van der Waals surface area contributed by atoms with Crippen LogP contribution < -0.4 is 10.8 Å². The zero-order chi connectivity index (χ0) is 28.0. The molecule has 1 saturated carbocycles. The van der Waals surface area contributed by atoms with Crippen molar-refractivity contribution in [2.24, 2.45) is 5.92 Å². The number of carbonyl (C=O) groups excluding carboxylic acids is 1. The number of benzene rings is 2. The number of nitrogens with one attached hydrogen (secondary N) is 2. The molecule has 0 bridgehead atoms. The van der Waals surface area contributed by atoms with Crippen LogP contribution in [-0.2, 0) is 28.0 Å². The molecule has 5 rings (SSSR count). The maximum Gasteiger partial charge on any atom is 0.276 e. The van der Waals surface area contributed by atoms with Gasteiger partial charge in [-0.05, 0) is 107 Å². The summed E-state index contributed by atoms with van der Waals surface area (Å²) in [6, 6.07) is 19.2. The summed E-state index contributed by atoms with van der Waals surface area (Å²) in [6.07, 6.45) is 8.76. The van der Waals surface area contributed by atoms with Crippen molar-refractivity contribution in [1.29, 1.82) is 0 Å². The second-order valence-corrected chi connectivity index (χ2v) is 12.7. The van der Waals surface area contributed by atoms with Gasteiger partial charge in [0.25, 0.3) is 5.91 Å². The van der Waals surface area contributed by atoms with Crippen LogP contribution in [0, 0.1) is 9.49 Å². The number of amides is 1. The van der Waals surface area contributed by atoms with Crippen LogP contribution in [0.5, 0.6) is 0 Å². The average Bonchev–Trinajstić information content (AvgIpc) is 3.79. The topological polar surface area (TPSA) is 114 Å². The molecule has 0 radical (unpaired) electrons. The predicted octanol–water partition coefficient (Wildman–Crippen LogP) is 5.29. The third-order valence-electron chi connectivity index (χ3n) is 6.34. The number of aromatic nitrogens is 2. The van der Waals surface area contributed by atoms with E-state index in [1.807, 2.05) is 36.4 Å². The molecule has 9 nitrogen and oxygen atoms in total. The number of nitrogens with zero attached hydrogens (tertiary/aromatic N) is 3. The smallest absolute Gasteiger partial charge is 0.276 e. The summed E-state index contributed by atoms with van der Waals surface area (Å²) >= 11 is 2.21. The molecule has 1 aliphatic carbocycles. The van der Waals surface area contributed by atoms with Crippen molar-refractivity contribution >= 4 is 49.9 Å². The van der Waals surface area contributed by atoms with E-state index in [1.165, 1.54) is 22.5 Å². The minimum absolute atomic E-state index is 0.0451. The largest absolute Gasteiger partial charge is 0.355 e. The number of sulfonamides is 1. The molecule has 0 spiro atoms. The molecule has 1 amide bonds. The Labute approximate surface area is 247 Å². The zero-order valence-electron chi connectivity index (χ0n) is 21.5. The summed E-state index contributed by atoms with van der Waals surface area (Å²) in [4.78, 5) is 26.8. The van der Waals surface area contributed by atoms with Gasteiger partial charge in [0.2, 0.25) is 10.0 Å². The van der Waals surface area contributed by atoms with Gasteiger partial charge in [0.05, 0.1) is 22.8 Å². The summed E-state index contributed by atoms with van der Waals surface area (Å²) in [6.45, 7) is 0.681. The normalized spacial score (nSPS) is 13.2. The Kier molecular flexibility index (Phi) is 9.04. The number of hydroxylamine groups is 1. The highest BCUT2D eigenvalue weighted by molar-refractivity contribution is 14.1. The Hall–Kier alpha value is -3.39. The third kappa shape index (κ3) is 7.42. The molecule has 2 aromatic heterocycles. The number of hydrogen-bond donors (Lipinski definition) is 2. The maximum absolute atomic E-state index is 14.1. The van der Waals surface area contributed by atoms with E-state index in [0.29, 0.717) is 23.9 Å². The molecule has 1 aliphatic rings. The fourth-order valence-electron chi connectivity index (χ4n) is 4.00. The van der Waals surface area contributed by atoms with Gasteiger partial charge in [0.15, 0.2) is 0 Å². The first-order valence-corrected chi connectivity index (χ1v) is 15.3. The molecule has 206 valence electrons. The van der Waals surface area contributed by atoms with E-state index in [2.05, 4.69) is 43.4 Å². The van der Waals surface area contributed by atoms with Crippen molar-refractivity contribution in [3.8, 4) is 0 Å². The quantitative estimate of drug-likeness (QED) is 0.156. The highest BCUT2D eigenvalue weighted by Gasteiger charge is 2.27. The summed E-state index contributed by atoms with van der Waals surface area (Å²) in [5, 5.41) is 3.22. The molecule has 0 aliphatic heterocycles. The van der Waals surface area contributed by atoms with Gasteiger partial charge in [-0.2, -0.15) is 4.31 Å². The number of rotatable bonds is 12. The van der Waals surface area contributed by atoms with Crippen molar-refractivity contribution in [2.75, 3.05) is 11.9 Å². The van der Waals surface area contributed by atoms with Crippen LogP contribution >= 0.6 is 22.6 Å². The zero-order valence-corrected chi connectivity index (χ0v) is 24.5. The molecular weight excluding hydrogens is 641 g/mol. The minimum Gasteiger partial charge on any atom is -0.355 e. The average molecular weight is 670 g/mol. The first kappa shape index (κ1) is 28.1. The number of carbonyl (C=O) groups is 1. The summed E-state index contributed by atoms with van der Waals surface area (Å²) in [5.74, 6) is 0.0167. The van der Waals surface area contributed by atoms with E-state index in [0.717, 1.165) is 27.5 Å². The van der Waals surface area contributed by atoms with Crippen LogP contribution in [0.15, 0.2) is 96.4 Å². The van der Waals surface area contributed by atoms with Crippen LogP contribution in [0.1, 0.15) is 34.3 Å². The Balaban J connectivity index is 1.48. The Morgan fingerprint density at radius 2 is 1.60 bits per heavy atom. The highest BCUT2D eigenvalue weighted by atomic mass is 127. The molecule has 0 saturated heterocycles. The lowest BCUT2D eigenvalue weighted by Crippen LogP contribution is -2.31. The number of halogens is 1. The maximum atomic E-state index is 14.1. The van der Waals surface area contributed by atoms with E-state index >= 15 is 0 Å². The van der Waals surface area contributed by atoms with Gasteiger partial charge < -0.3 is 5.32 Å². The predicted molar refractivity (Wildman–Crippen MR) is 160 cm³/mol. The van der Waals surface area contributed by atoms with Gasteiger partial charge in [-0.3, -0.25) is 19.6 Å². The van der Waals surface area contributed by atoms with Crippen LogP contribution in [0.4, 0.5) is 11.4 Å². The molecule has 0 unspecified atom stereocenters. The van der Waals surface area contributed by atoms with E-state index < -0.39 is 15.9 Å². The van der Waals surface area contributed by atoms with Gasteiger partial charge in [-0.15, -0.1) is 0 Å². The van der Waals surface area contributed by atoms with Gasteiger partial charge in [-0.1, -0.05) is 12.1 Å². The first-order valence-electron chi connectivity index (χ1n) is 12.8. The summed E-state index contributed by atoms with van der Waals surface area (Å²) in [7, 11) is -4.01. The van der Waals surface area contributed by atoms with E-state index in [1.54, 1.807) is 36.9 Å². The molecule has 11 heteroatoms. The number of anilines is 2. The second kappa shape index (κ2) is 12.9. The van der Waals surface area contributed by atoms with Crippen LogP contribution in [-0.4, -0.2) is 35.2 Å². The summed E-state index contributed by atoms with van der Waals surface area (Å²) in [5.41, 5.74) is 5.31. The van der Waals surface area contributed by atoms with Gasteiger partial charge in [0, 0.05) is 47.1 Å². The van der Waals surface area contributed by atoms with E-state index in [4.69, 9.17) is 4.84 Å². The van der Waals surface area contributed by atoms with Crippen molar-refractivity contribution in [3.05, 3.63) is 112 Å². The first-order chi connectivity index (χ1) is 19.4. The van der Waals surface area contributed by atoms with E-state index in [-0.39, 0.29) is 23.5 Å². The Bertz CT molecular complexity index is 1510. The molecule has 2 N–H and O–H groups in total. The molecule has 2 aromatic carbocycles. The third-order valence-corrected chi connectivity index (χ3v) is 8.85. The Morgan fingerprint density at radius 1 is 0.950 bits per heavy atom. The fraction of sp³-hybridized carbons (Fsp3) is 0.207. The van der Waals surface area contributed by atoms with Crippen LogP contribution in [0.25, 0.3) is 0 Å². The van der Waals surface area contributed by atoms with Gasteiger partial charge in [0.1, 0.15) is 0 Å². The standard InChI is InChI=1S/C29H28IN5O4S/c30-24-7-9-25(10-8-24)33-28-15-26(11-12-27(28)29(36)34-39-20-21-5-6-21)40(37,38)35(18-22-3-1-13-31-16-22)19-23-4-2-14-32-17-23/h1-4,7-17,21,33H,5-6,18-20H2,(H,34,36). The van der Waals surface area contributed by atoms with E-state index in [9.17, 15) is 13.2 Å².